The van der Waals surface area contributed by atoms with Gasteiger partial charge in [0, 0.05) is 9.50 Å². The highest BCUT2D eigenvalue weighted by molar-refractivity contribution is 9.10. The van der Waals surface area contributed by atoms with Gasteiger partial charge in [-0.05, 0) is 58.7 Å². The first-order valence-electron chi connectivity index (χ1n) is 5.63. The van der Waals surface area contributed by atoms with E-state index in [1.165, 1.54) is 12.1 Å². The average Bonchev–Trinajstić information content (AvgIpc) is 2.36. The molecule has 106 valence electrons. The number of anilines is 2. The predicted molar refractivity (Wildman–Crippen MR) is 85.6 cm³/mol. The maximum atomic E-state index is 12.4. The molecule has 0 bridgehead atoms. The van der Waals surface area contributed by atoms with Crippen LogP contribution in [0.25, 0.3) is 0 Å². The van der Waals surface area contributed by atoms with Crippen LogP contribution in [0.5, 0.6) is 0 Å². The lowest BCUT2D eigenvalue weighted by Crippen LogP contribution is -2.15. The van der Waals surface area contributed by atoms with Crippen LogP contribution in [0.2, 0.25) is 5.02 Å². The Morgan fingerprint density at radius 1 is 1.20 bits per heavy atom. The summed E-state index contributed by atoms with van der Waals surface area (Å²) in [5.74, 6) is 0. The molecule has 0 aliphatic rings. The fraction of sp³-hybridized carbons (Fsp3) is 0.0769. The molecular weight excluding hydrogens is 364 g/mol. The van der Waals surface area contributed by atoms with E-state index in [1.807, 2.05) is 13.0 Å². The van der Waals surface area contributed by atoms with Gasteiger partial charge in [0.1, 0.15) is 4.90 Å². The second-order valence-corrected chi connectivity index (χ2v) is 7.21. The lowest BCUT2D eigenvalue weighted by Gasteiger charge is -2.12. The Morgan fingerprint density at radius 2 is 1.90 bits per heavy atom. The number of rotatable bonds is 3. The minimum atomic E-state index is -3.80. The minimum absolute atomic E-state index is 0.0431. The summed E-state index contributed by atoms with van der Waals surface area (Å²) in [4.78, 5) is -0.0431. The molecule has 0 amide bonds. The third kappa shape index (κ3) is 3.26. The van der Waals surface area contributed by atoms with Gasteiger partial charge in [-0.25, -0.2) is 8.42 Å². The Hall–Kier alpha value is -1.24. The molecule has 0 fully saturated rings. The molecule has 0 saturated heterocycles. The second kappa shape index (κ2) is 5.63. The van der Waals surface area contributed by atoms with Crippen molar-refractivity contribution in [1.29, 1.82) is 0 Å². The lowest BCUT2D eigenvalue weighted by atomic mass is 10.2. The largest absolute Gasteiger partial charge is 0.398 e. The van der Waals surface area contributed by atoms with Crippen molar-refractivity contribution < 1.29 is 8.42 Å². The molecule has 0 aliphatic heterocycles. The van der Waals surface area contributed by atoms with Crippen LogP contribution in [-0.2, 0) is 10.0 Å². The first kappa shape index (κ1) is 15.2. The maximum Gasteiger partial charge on any atom is 0.264 e. The molecular formula is C13H12BrClN2O2S. The number of halogens is 2. The molecule has 0 aliphatic carbocycles. The van der Waals surface area contributed by atoms with E-state index in [-0.39, 0.29) is 10.6 Å². The summed E-state index contributed by atoms with van der Waals surface area (Å²) in [5.41, 5.74) is 7.24. The molecule has 0 radical (unpaired) electrons. The zero-order valence-electron chi connectivity index (χ0n) is 10.5. The number of nitrogens with one attached hydrogen (secondary N) is 1. The molecule has 4 nitrogen and oxygen atoms in total. The van der Waals surface area contributed by atoms with Gasteiger partial charge in [0.05, 0.1) is 11.4 Å². The van der Waals surface area contributed by atoms with Gasteiger partial charge >= 0.3 is 0 Å². The Kier molecular flexibility index (Phi) is 4.27. The van der Waals surface area contributed by atoms with E-state index in [0.29, 0.717) is 15.2 Å². The van der Waals surface area contributed by atoms with Crippen molar-refractivity contribution in [3.05, 3.63) is 51.5 Å². The Bertz CT molecular complexity index is 763. The highest BCUT2D eigenvalue weighted by atomic mass is 79.9. The molecule has 7 heteroatoms. The normalized spacial score (nSPS) is 11.3. The number of aryl methyl sites for hydroxylation is 1. The molecule has 0 spiro atoms. The Morgan fingerprint density at radius 3 is 2.60 bits per heavy atom. The van der Waals surface area contributed by atoms with Gasteiger partial charge in [0.25, 0.3) is 10.0 Å². The molecule has 2 rings (SSSR count). The second-order valence-electron chi connectivity index (χ2n) is 4.27. The molecule has 0 aromatic heterocycles. The molecule has 0 unspecified atom stereocenters. The van der Waals surface area contributed by atoms with Gasteiger partial charge in [0.15, 0.2) is 0 Å². The number of hydrogen-bond acceptors (Lipinski definition) is 3. The first-order chi connectivity index (χ1) is 9.29. The fourth-order valence-electron chi connectivity index (χ4n) is 1.66. The van der Waals surface area contributed by atoms with Gasteiger partial charge in [-0.3, -0.25) is 4.72 Å². The van der Waals surface area contributed by atoms with Crippen molar-refractivity contribution in [3.63, 3.8) is 0 Å². The van der Waals surface area contributed by atoms with E-state index in [1.54, 1.807) is 18.2 Å². The third-order valence-corrected chi connectivity index (χ3v) is 4.98. The predicted octanol–water partition coefficient (Wildman–Crippen LogP) is 3.79. The van der Waals surface area contributed by atoms with Crippen LogP contribution in [0.4, 0.5) is 11.4 Å². The Balaban J connectivity index is 2.46. The van der Waals surface area contributed by atoms with Crippen molar-refractivity contribution in [2.24, 2.45) is 0 Å². The SMILES string of the molecule is Cc1ccc(Br)c(NS(=O)(=O)c2cc(Cl)ccc2N)c1. The van der Waals surface area contributed by atoms with Gasteiger partial charge in [-0.2, -0.15) is 0 Å². The first-order valence-corrected chi connectivity index (χ1v) is 8.29. The van der Waals surface area contributed by atoms with Gasteiger partial charge < -0.3 is 5.73 Å². The summed E-state index contributed by atoms with van der Waals surface area (Å²) < 4.78 is 27.9. The van der Waals surface area contributed by atoms with E-state index in [0.717, 1.165) is 5.56 Å². The molecule has 0 atom stereocenters. The zero-order chi connectivity index (χ0) is 14.9. The average molecular weight is 376 g/mol. The van der Waals surface area contributed by atoms with Crippen molar-refractivity contribution in [3.8, 4) is 0 Å². The molecule has 3 N–H and O–H groups in total. The summed E-state index contributed by atoms with van der Waals surface area (Å²) in [6.07, 6.45) is 0. The maximum absolute atomic E-state index is 12.4. The molecule has 2 aromatic rings. The van der Waals surface area contributed by atoms with Gasteiger partial charge in [-0.1, -0.05) is 17.7 Å². The summed E-state index contributed by atoms with van der Waals surface area (Å²) in [6, 6.07) is 9.69. The fourth-order valence-corrected chi connectivity index (χ4v) is 3.60. The Labute approximate surface area is 131 Å². The highest BCUT2D eigenvalue weighted by Crippen LogP contribution is 2.29. The molecule has 20 heavy (non-hydrogen) atoms. The summed E-state index contributed by atoms with van der Waals surface area (Å²) in [5, 5.41) is 0.308. The number of nitrogen functional groups attached to an aromatic ring is 1. The van der Waals surface area contributed by atoms with Crippen molar-refractivity contribution in [1.82, 2.24) is 0 Å². The monoisotopic (exact) mass is 374 g/mol. The quantitative estimate of drug-likeness (QED) is 0.802. The van der Waals surface area contributed by atoms with Crippen LogP contribution in [0.15, 0.2) is 45.8 Å². The summed E-state index contributed by atoms with van der Waals surface area (Å²) >= 11 is 9.13. The summed E-state index contributed by atoms with van der Waals surface area (Å²) in [6.45, 7) is 1.87. The molecule has 0 saturated carbocycles. The van der Waals surface area contributed by atoms with E-state index in [2.05, 4.69) is 20.7 Å². The number of sulfonamides is 1. The van der Waals surface area contributed by atoms with Gasteiger partial charge in [0.2, 0.25) is 0 Å². The topological polar surface area (TPSA) is 72.2 Å². The minimum Gasteiger partial charge on any atom is -0.398 e. The van der Waals surface area contributed by atoms with Crippen LogP contribution in [0, 0.1) is 6.92 Å². The smallest absolute Gasteiger partial charge is 0.264 e. The zero-order valence-corrected chi connectivity index (χ0v) is 13.7. The van der Waals surface area contributed by atoms with Crippen LogP contribution in [0.3, 0.4) is 0 Å². The van der Waals surface area contributed by atoms with E-state index < -0.39 is 10.0 Å². The van der Waals surface area contributed by atoms with Crippen LogP contribution in [-0.4, -0.2) is 8.42 Å². The van der Waals surface area contributed by atoms with E-state index >= 15 is 0 Å². The number of hydrogen-bond donors (Lipinski definition) is 2. The standard InChI is InChI=1S/C13H12BrClN2O2S/c1-8-2-4-10(14)12(6-8)17-20(18,19)13-7-9(15)3-5-11(13)16/h2-7,17H,16H2,1H3. The van der Waals surface area contributed by atoms with E-state index in [9.17, 15) is 8.42 Å². The molecule has 2 aromatic carbocycles. The van der Waals surface area contributed by atoms with Crippen molar-refractivity contribution in [2.75, 3.05) is 10.5 Å². The third-order valence-electron chi connectivity index (χ3n) is 2.63. The molecule has 0 heterocycles. The van der Waals surface area contributed by atoms with Crippen molar-refractivity contribution in [2.45, 2.75) is 11.8 Å². The number of nitrogens with two attached hydrogens (primary N) is 1. The highest BCUT2D eigenvalue weighted by Gasteiger charge is 2.19. The van der Waals surface area contributed by atoms with Crippen LogP contribution < -0.4 is 10.5 Å². The van der Waals surface area contributed by atoms with Crippen LogP contribution in [0.1, 0.15) is 5.56 Å². The van der Waals surface area contributed by atoms with Gasteiger partial charge in [-0.15, -0.1) is 0 Å². The van der Waals surface area contributed by atoms with E-state index in [4.69, 9.17) is 17.3 Å². The summed E-state index contributed by atoms with van der Waals surface area (Å²) in [7, 11) is -3.80. The lowest BCUT2D eigenvalue weighted by molar-refractivity contribution is 0.601. The number of benzene rings is 2. The van der Waals surface area contributed by atoms with Crippen LogP contribution >= 0.6 is 27.5 Å². The van der Waals surface area contributed by atoms with Crippen molar-refractivity contribution >= 4 is 48.9 Å².